The Balaban J connectivity index is 1.28. The van der Waals surface area contributed by atoms with Gasteiger partial charge in [0.1, 0.15) is 0 Å². The number of carbonyl (C=O) groups is 2. The molecule has 0 saturated carbocycles. The molecule has 26 heavy (non-hydrogen) atoms. The van der Waals surface area contributed by atoms with E-state index in [1.807, 2.05) is 41.4 Å². The molecule has 0 radical (unpaired) electrons. The number of fused-ring (bicyclic) bond motifs is 1. The maximum absolute atomic E-state index is 11.8. The molecule has 2 amide bonds. The van der Waals surface area contributed by atoms with Crippen molar-refractivity contribution < 1.29 is 9.59 Å². The summed E-state index contributed by atoms with van der Waals surface area (Å²) in [5.41, 5.74) is 2.77. The number of nitrogens with zero attached hydrogens (tertiary/aromatic N) is 2. The molecule has 0 aliphatic heterocycles. The van der Waals surface area contributed by atoms with Gasteiger partial charge in [-0.2, -0.15) is 11.3 Å². The average Bonchev–Trinajstić information content (AvgIpc) is 3.32. The first-order chi connectivity index (χ1) is 12.7. The van der Waals surface area contributed by atoms with Gasteiger partial charge in [-0.15, -0.1) is 0 Å². The number of aryl methyl sites for hydroxylation is 1. The highest BCUT2D eigenvalue weighted by Crippen LogP contribution is 2.11. The molecule has 6 nitrogen and oxygen atoms in total. The van der Waals surface area contributed by atoms with E-state index in [2.05, 4.69) is 20.2 Å². The molecule has 3 rings (SSSR count). The molecular formula is C19H22N4O2S. The third kappa shape index (κ3) is 4.92. The highest BCUT2D eigenvalue weighted by Gasteiger charge is 2.06. The fourth-order valence-electron chi connectivity index (χ4n) is 2.70. The Labute approximate surface area is 156 Å². The first-order valence-electron chi connectivity index (χ1n) is 8.71. The molecule has 2 aromatic heterocycles. The van der Waals surface area contributed by atoms with Crippen LogP contribution >= 0.6 is 11.3 Å². The SMILES string of the molecule is O=C(CCCNC(=O)c1ccsc1)NCCCn1cnc2ccccc21. The van der Waals surface area contributed by atoms with Crippen molar-refractivity contribution in [1.82, 2.24) is 20.2 Å². The van der Waals surface area contributed by atoms with Gasteiger partial charge in [0.05, 0.1) is 17.4 Å². The van der Waals surface area contributed by atoms with E-state index in [4.69, 9.17) is 0 Å². The molecule has 0 saturated heterocycles. The van der Waals surface area contributed by atoms with Gasteiger partial charge in [-0.1, -0.05) is 12.1 Å². The van der Waals surface area contributed by atoms with E-state index in [1.165, 1.54) is 11.3 Å². The van der Waals surface area contributed by atoms with E-state index in [1.54, 1.807) is 6.07 Å². The van der Waals surface area contributed by atoms with E-state index < -0.39 is 0 Å². The lowest BCUT2D eigenvalue weighted by Crippen LogP contribution is -2.28. The lowest BCUT2D eigenvalue weighted by Gasteiger charge is -2.07. The number of benzene rings is 1. The predicted octanol–water partition coefficient (Wildman–Crippen LogP) is 2.81. The van der Waals surface area contributed by atoms with Crippen LogP contribution in [0.5, 0.6) is 0 Å². The number of carbonyl (C=O) groups excluding carboxylic acids is 2. The van der Waals surface area contributed by atoms with E-state index in [0.717, 1.165) is 24.0 Å². The van der Waals surface area contributed by atoms with Crippen LogP contribution in [0.3, 0.4) is 0 Å². The molecule has 2 N–H and O–H groups in total. The zero-order chi connectivity index (χ0) is 18.2. The summed E-state index contributed by atoms with van der Waals surface area (Å²) in [6, 6.07) is 9.80. The smallest absolute Gasteiger partial charge is 0.252 e. The first kappa shape index (κ1) is 18.1. The molecule has 0 atom stereocenters. The van der Waals surface area contributed by atoms with Crippen LogP contribution in [0.25, 0.3) is 11.0 Å². The van der Waals surface area contributed by atoms with Gasteiger partial charge in [-0.25, -0.2) is 4.98 Å². The molecule has 0 aliphatic rings. The summed E-state index contributed by atoms with van der Waals surface area (Å²) in [6.07, 6.45) is 3.73. The molecule has 0 bridgehead atoms. The van der Waals surface area contributed by atoms with Crippen LogP contribution in [0.2, 0.25) is 0 Å². The number of aromatic nitrogens is 2. The Bertz CT molecular complexity index is 857. The quantitative estimate of drug-likeness (QED) is 0.569. The van der Waals surface area contributed by atoms with Crippen molar-refractivity contribution in [3.63, 3.8) is 0 Å². The van der Waals surface area contributed by atoms with Crippen LogP contribution in [0.4, 0.5) is 0 Å². The van der Waals surface area contributed by atoms with Crippen LogP contribution in [0.15, 0.2) is 47.4 Å². The lowest BCUT2D eigenvalue weighted by atomic mass is 10.2. The number of thiophene rings is 1. The molecule has 0 spiro atoms. The number of nitrogens with one attached hydrogen (secondary N) is 2. The number of imidazole rings is 1. The van der Waals surface area contributed by atoms with Crippen molar-refractivity contribution in [2.24, 2.45) is 0 Å². The van der Waals surface area contributed by atoms with Crippen molar-refractivity contribution in [2.45, 2.75) is 25.8 Å². The number of hydrogen-bond acceptors (Lipinski definition) is 4. The summed E-state index contributed by atoms with van der Waals surface area (Å²) in [4.78, 5) is 28.0. The normalized spacial score (nSPS) is 10.8. The fraction of sp³-hybridized carbons (Fsp3) is 0.316. The Kier molecular flexibility index (Phi) is 6.38. The zero-order valence-corrected chi connectivity index (χ0v) is 15.3. The number of amides is 2. The van der Waals surface area contributed by atoms with Crippen molar-refractivity contribution >= 4 is 34.2 Å². The largest absolute Gasteiger partial charge is 0.356 e. The van der Waals surface area contributed by atoms with Crippen LogP contribution < -0.4 is 10.6 Å². The number of rotatable bonds is 9. The molecule has 0 aliphatic carbocycles. The maximum Gasteiger partial charge on any atom is 0.252 e. The highest BCUT2D eigenvalue weighted by atomic mass is 32.1. The van der Waals surface area contributed by atoms with Crippen LogP contribution in [-0.4, -0.2) is 34.5 Å². The fourth-order valence-corrected chi connectivity index (χ4v) is 3.34. The second-order valence-corrected chi connectivity index (χ2v) is 6.78. The first-order valence-corrected chi connectivity index (χ1v) is 9.65. The summed E-state index contributed by atoms with van der Waals surface area (Å²) < 4.78 is 2.10. The van der Waals surface area contributed by atoms with E-state index in [-0.39, 0.29) is 11.8 Å². The van der Waals surface area contributed by atoms with Crippen LogP contribution in [-0.2, 0) is 11.3 Å². The minimum absolute atomic E-state index is 0.0188. The van der Waals surface area contributed by atoms with Crippen LogP contribution in [0.1, 0.15) is 29.6 Å². The third-order valence-corrected chi connectivity index (χ3v) is 4.76. The lowest BCUT2D eigenvalue weighted by molar-refractivity contribution is -0.121. The highest BCUT2D eigenvalue weighted by molar-refractivity contribution is 7.08. The van der Waals surface area contributed by atoms with Gasteiger partial charge >= 0.3 is 0 Å². The average molecular weight is 370 g/mol. The Hall–Kier alpha value is -2.67. The molecule has 2 heterocycles. The second-order valence-electron chi connectivity index (χ2n) is 6.00. The maximum atomic E-state index is 11.8. The predicted molar refractivity (Wildman–Crippen MR) is 103 cm³/mol. The van der Waals surface area contributed by atoms with Gasteiger partial charge in [-0.3, -0.25) is 9.59 Å². The third-order valence-electron chi connectivity index (χ3n) is 4.07. The molecule has 0 unspecified atom stereocenters. The van der Waals surface area contributed by atoms with E-state index >= 15 is 0 Å². The van der Waals surface area contributed by atoms with Gasteiger partial charge in [0.2, 0.25) is 5.91 Å². The number of para-hydroxylation sites is 2. The Morgan fingerprint density at radius 2 is 1.92 bits per heavy atom. The monoisotopic (exact) mass is 370 g/mol. The van der Waals surface area contributed by atoms with Gasteiger partial charge in [0.25, 0.3) is 5.91 Å². The molecule has 1 aromatic carbocycles. The van der Waals surface area contributed by atoms with Crippen molar-refractivity contribution in [2.75, 3.05) is 13.1 Å². The summed E-state index contributed by atoms with van der Waals surface area (Å²) in [7, 11) is 0. The minimum atomic E-state index is -0.0841. The molecule has 7 heteroatoms. The van der Waals surface area contributed by atoms with Gasteiger partial charge in [0.15, 0.2) is 0 Å². The summed E-state index contributed by atoms with van der Waals surface area (Å²) >= 11 is 1.49. The minimum Gasteiger partial charge on any atom is -0.356 e. The van der Waals surface area contributed by atoms with Crippen LogP contribution in [0, 0.1) is 0 Å². The topological polar surface area (TPSA) is 76.0 Å². The van der Waals surface area contributed by atoms with E-state index in [9.17, 15) is 9.59 Å². The summed E-state index contributed by atoms with van der Waals surface area (Å²) in [5.74, 6) is -0.0653. The van der Waals surface area contributed by atoms with Crippen molar-refractivity contribution in [3.8, 4) is 0 Å². The van der Waals surface area contributed by atoms with Gasteiger partial charge in [0, 0.05) is 37.0 Å². The molecule has 0 fully saturated rings. The Morgan fingerprint density at radius 3 is 2.77 bits per heavy atom. The zero-order valence-electron chi connectivity index (χ0n) is 14.5. The Morgan fingerprint density at radius 1 is 1.08 bits per heavy atom. The molecular weight excluding hydrogens is 348 g/mol. The second kappa shape index (κ2) is 9.15. The van der Waals surface area contributed by atoms with Gasteiger partial charge < -0.3 is 15.2 Å². The summed E-state index contributed by atoms with van der Waals surface area (Å²) in [6.45, 7) is 1.95. The van der Waals surface area contributed by atoms with Crippen molar-refractivity contribution in [1.29, 1.82) is 0 Å². The van der Waals surface area contributed by atoms with Crippen molar-refractivity contribution in [3.05, 3.63) is 53.0 Å². The van der Waals surface area contributed by atoms with E-state index in [0.29, 0.717) is 31.5 Å². The molecule has 136 valence electrons. The summed E-state index contributed by atoms with van der Waals surface area (Å²) in [5, 5.41) is 9.43. The number of hydrogen-bond donors (Lipinski definition) is 2. The molecule has 3 aromatic rings. The van der Waals surface area contributed by atoms with Gasteiger partial charge in [-0.05, 0) is 36.4 Å². The standard InChI is InChI=1S/C19H22N4O2S/c24-18(7-3-9-21-19(25)15-8-12-26-13-15)20-10-4-11-23-14-22-16-5-1-2-6-17(16)23/h1-2,5-6,8,12-14H,3-4,7,9-11H2,(H,20,24)(H,21,25).